The lowest BCUT2D eigenvalue weighted by molar-refractivity contribution is 0.407. The first kappa shape index (κ1) is 12.8. The van der Waals surface area contributed by atoms with Crippen LogP contribution >= 0.6 is 0 Å². The van der Waals surface area contributed by atoms with Crippen LogP contribution in [0.25, 0.3) is 6.08 Å². The lowest BCUT2D eigenvalue weighted by Crippen LogP contribution is -2.09. The Labute approximate surface area is 128 Å². The summed E-state index contributed by atoms with van der Waals surface area (Å²) in [4.78, 5) is 9.28. The minimum atomic E-state index is 0.163. The van der Waals surface area contributed by atoms with Crippen molar-refractivity contribution in [3.8, 4) is 11.5 Å². The van der Waals surface area contributed by atoms with Crippen LogP contribution in [-0.2, 0) is 6.42 Å². The van der Waals surface area contributed by atoms with Crippen molar-refractivity contribution < 1.29 is 9.84 Å². The molecule has 0 atom stereocenters. The van der Waals surface area contributed by atoms with Crippen molar-refractivity contribution in [2.75, 3.05) is 7.11 Å². The molecule has 1 heterocycles. The minimum absolute atomic E-state index is 0.163. The van der Waals surface area contributed by atoms with Crippen LogP contribution in [-0.4, -0.2) is 23.8 Å². The summed E-state index contributed by atoms with van der Waals surface area (Å²) < 4.78 is 5.32. The first-order chi connectivity index (χ1) is 10.7. The topological polar surface area (TPSA) is 54.2 Å². The maximum atomic E-state index is 9.57. The number of hydrogen-bond acceptors (Lipinski definition) is 4. The van der Waals surface area contributed by atoms with E-state index < -0.39 is 0 Å². The van der Waals surface area contributed by atoms with Gasteiger partial charge < -0.3 is 9.84 Å². The van der Waals surface area contributed by atoms with Crippen LogP contribution in [0.4, 0.5) is 0 Å². The zero-order chi connectivity index (χ0) is 15.1. The van der Waals surface area contributed by atoms with E-state index in [0.29, 0.717) is 11.6 Å². The Balaban J connectivity index is 1.78. The lowest BCUT2D eigenvalue weighted by Gasteiger charge is -2.12. The van der Waals surface area contributed by atoms with Gasteiger partial charge in [-0.3, -0.25) is 0 Å². The standard InChI is InChI=1S/C18H14N2O2/c1-22-17-10-13(21)6-7-14(17)18-19-15-8-11-4-2-3-5-12(11)9-16(15)20-18/h2-8,10,21H,9H2,1H3. The maximum absolute atomic E-state index is 9.57. The van der Waals surface area contributed by atoms with E-state index >= 15 is 0 Å². The Morgan fingerprint density at radius 2 is 1.95 bits per heavy atom. The number of hydrogen-bond donors (Lipinski definition) is 1. The fraction of sp³-hybridized carbons (Fsp3) is 0.111. The van der Waals surface area contributed by atoms with Gasteiger partial charge in [0.25, 0.3) is 0 Å². The van der Waals surface area contributed by atoms with Crippen LogP contribution in [0.2, 0.25) is 0 Å². The number of methoxy groups -OCH3 is 1. The summed E-state index contributed by atoms with van der Waals surface area (Å²) in [7, 11) is 1.57. The molecule has 0 fully saturated rings. The van der Waals surface area contributed by atoms with Crippen LogP contribution in [0.3, 0.4) is 0 Å². The molecule has 4 nitrogen and oxygen atoms in total. The maximum Gasteiger partial charge on any atom is 0.163 e. The molecule has 2 aromatic rings. The molecule has 0 saturated heterocycles. The number of nitrogens with zero attached hydrogens (tertiary/aromatic N) is 2. The predicted molar refractivity (Wildman–Crippen MR) is 86.8 cm³/mol. The minimum Gasteiger partial charge on any atom is -0.508 e. The summed E-state index contributed by atoms with van der Waals surface area (Å²) in [5, 5.41) is 9.57. The molecule has 0 amide bonds. The van der Waals surface area contributed by atoms with Gasteiger partial charge in [-0.05, 0) is 29.3 Å². The van der Waals surface area contributed by atoms with E-state index in [-0.39, 0.29) is 5.75 Å². The van der Waals surface area contributed by atoms with Gasteiger partial charge in [0.2, 0.25) is 0 Å². The monoisotopic (exact) mass is 290 g/mol. The van der Waals surface area contributed by atoms with Gasteiger partial charge in [-0.1, -0.05) is 24.3 Å². The predicted octanol–water partition coefficient (Wildman–Crippen LogP) is 3.20. The number of allylic oxidation sites excluding steroid dienone is 1. The van der Waals surface area contributed by atoms with Gasteiger partial charge in [-0.25, -0.2) is 9.98 Å². The SMILES string of the molecule is COc1cc(O)ccc1C1=NC2=Cc3ccccc3CC2=N1. The van der Waals surface area contributed by atoms with Crippen LogP contribution < -0.4 is 4.74 Å². The number of fused-ring (bicyclic) bond motifs is 2. The Hall–Kier alpha value is -2.88. The molecule has 0 unspecified atom stereocenters. The first-order valence-corrected chi connectivity index (χ1v) is 7.08. The molecule has 0 spiro atoms. The summed E-state index contributed by atoms with van der Waals surface area (Å²) in [6.07, 6.45) is 2.85. The highest BCUT2D eigenvalue weighted by Gasteiger charge is 2.24. The number of ether oxygens (including phenoxy) is 1. The van der Waals surface area contributed by atoms with E-state index in [1.54, 1.807) is 25.3 Å². The van der Waals surface area contributed by atoms with Gasteiger partial charge in [0.05, 0.1) is 24.1 Å². The first-order valence-electron chi connectivity index (χ1n) is 7.08. The van der Waals surface area contributed by atoms with Gasteiger partial charge in [-0.15, -0.1) is 0 Å². The third-order valence-corrected chi connectivity index (χ3v) is 3.89. The molecule has 0 radical (unpaired) electrons. The third kappa shape index (κ3) is 2.00. The average molecular weight is 290 g/mol. The van der Waals surface area contributed by atoms with Gasteiger partial charge in [0, 0.05) is 12.5 Å². The van der Waals surface area contributed by atoms with Crippen molar-refractivity contribution in [1.82, 2.24) is 0 Å². The Bertz CT molecular complexity index is 863. The molecular weight excluding hydrogens is 276 g/mol. The Morgan fingerprint density at radius 3 is 2.82 bits per heavy atom. The fourth-order valence-electron chi connectivity index (χ4n) is 2.78. The quantitative estimate of drug-likeness (QED) is 0.923. The molecule has 4 heteroatoms. The molecule has 1 N–H and O–H groups in total. The van der Waals surface area contributed by atoms with Crippen molar-refractivity contribution in [3.63, 3.8) is 0 Å². The zero-order valence-electron chi connectivity index (χ0n) is 12.1. The summed E-state index contributed by atoms with van der Waals surface area (Å²) >= 11 is 0. The van der Waals surface area contributed by atoms with Crippen molar-refractivity contribution in [2.45, 2.75) is 6.42 Å². The van der Waals surface area contributed by atoms with Crippen molar-refractivity contribution in [1.29, 1.82) is 0 Å². The van der Waals surface area contributed by atoms with E-state index in [0.717, 1.165) is 23.4 Å². The van der Waals surface area contributed by atoms with E-state index in [1.807, 2.05) is 12.1 Å². The fourth-order valence-corrected chi connectivity index (χ4v) is 2.78. The van der Waals surface area contributed by atoms with Crippen LogP contribution in [0.15, 0.2) is 58.1 Å². The molecule has 1 aliphatic heterocycles. The Kier molecular flexibility index (Phi) is 2.82. The molecule has 0 aromatic heterocycles. The average Bonchev–Trinajstić information content (AvgIpc) is 2.94. The second kappa shape index (κ2) is 4.84. The van der Waals surface area contributed by atoms with E-state index in [4.69, 9.17) is 4.74 Å². The van der Waals surface area contributed by atoms with Gasteiger partial charge in [0.15, 0.2) is 5.84 Å². The molecule has 0 bridgehead atoms. The van der Waals surface area contributed by atoms with Gasteiger partial charge in [0.1, 0.15) is 11.5 Å². The van der Waals surface area contributed by atoms with Crippen LogP contribution in [0, 0.1) is 0 Å². The van der Waals surface area contributed by atoms with E-state index in [9.17, 15) is 5.11 Å². The number of aromatic hydroxyl groups is 1. The molecule has 108 valence electrons. The van der Waals surface area contributed by atoms with Crippen LogP contribution in [0.5, 0.6) is 11.5 Å². The molecule has 1 aliphatic carbocycles. The Morgan fingerprint density at radius 1 is 1.09 bits per heavy atom. The highest BCUT2D eigenvalue weighted by atomic mass is 16.5. The second-order valence-electron chi connectivity index (χ2n) is 5.28. The van der Waals surface area contributed by atoms with E-state index in [1.165, 1.54) is 11.1 Å². The highest BCUT2D eigenvalue weighted by molar-refractivity contribution is 6.21. The molecule has 4 rings (SSSR count). The molecule has 0 saturated carbocycles. The second-order valence-corrected chi connectivity index (χ2v) is 5.28. The summed E-state index contributed by atoms with van der Waals surface area (Å²) in [6, 6.07) is 13.2. The lowest BCUT2D eigenvalue weighted by atomic mass is 9.94. The normalized spacial score (nSPS) is 15.4. The van der Waals surface area contributed by atoms with E-state index in [2.05, 4.69) is 28.2 Å². The smallest absolute Gasteiger partial charge is 0.163 e. The van der Waals surface area contributed by atoms with Crippen LogP contribution in [0.1, 0.15) is 16.7 Å². The summed E-state index contributed by atoms with van der Waals surface area (Å²) in [5.74, 6) is 1.36. The van der Waals surface area contributed by atoms with Gasteiger partial charge >= 0.3 is 0 Å². The van der Waals surface area contributed by atoms with Crippen molar-refractivity contribution in [2.24, 2.45) is 9.98 Å². The largest absolute Gasteiger partial charge is 0.508 e. The number of aliphatic imine (C=N–C) groups is 2. The summed E-state index contributed by atoms with van der Waals surface area (Å²) in [6.45, 7) is 0. The number of rotatable bonds is 2. The van der Waals surface area contributed by atoms with Crippen molar-refractivity contribution >= 4 is 17.6 Å². The number of phenolic OH excluding ortho intramolecular Hbond substituents is 1. The van der Waals surface area contributed by atoms with Gasteiger partial charge in [-0.2, -0.15) is 0 Å². The zero-order valence-corrected chi connectivity index (χ0v) is 12.1. The number of phenols is 1. The molecule has 2 aliphatic rings. The number of benzene rings is 2. The molecule has 2 aromatic carbocycles. The molecular formula is C18H14N2O2. The molecule has 22 heavy (non-hydrogen) atoms. The van der Waals surface area contributed by atoms with Crippen molar-refractivity contribution in [3.05, 3.63) is 64.9 Å². The number of amidine groups is 1. The third-order valence-electron chi connectivity index (χ3n) is 3.89. The highest BCUT2D eigenvalue weighted by Crippen LogP contribution is 2.31. The summed E-state index contributed by atoms with van der Waals surface area (Å²) in [5.41, 5.74) is 5.12.